The van der Waals surface area contributed by atoms with Crippen LogP contribution in [-0.2, 0) is 9.59 Å². The van der Waals surface area contributed by atoms with Crippen LogP contribution in [0.15, 0.2) is 0 Å². The molecule has 1 atom stereocenters. The second-order valence-electron chi connectivity index (χ2n) is 2.77. The van der Waals surface area contributed by atoms with Crippen LogP contribution in [0.4, 0.5) is 0 Å². The summed E-state index contributed by atoms with van der Waals surface area (Å²) >= 11 is 0. The minimum absolute atomic E-state index is 0.0764. The molecule has 0 saturated carbocycles. The second kappa shape index (κ2) is 4.08. The second-order valence-corrected chi connectivity index (χ2v) is 2.77. The van der Waals surface area contributed by atoms with Crippen molar-refractivity contribution in [3.8, 4) is 0 Å². The molecule has 1 unspecified atom stereocenters. The van der Waals surface area contributed by atoms with E-state index < -0.39 is 12.0 Å². The van der Waals surface area contributed by atoms with E-state index in [2.05, 4.69) is 0 Å². The van der Waals surface area contributed by atoms with E-state index in [0.29, 0.717) is 0 Å². The van der Waals surface area contributed by atoms with Gasteiger partial charge in [-0.1, -0.05) is 13.8 Å². The highest BCUT2D eigenvalue weighted by molar-refractivity contribution is 5.86. The quantitative estimate of drug-likeness (QED) is 0.605. The zero-order valence-electron chi connectivity index (χ0n) is 6.70. The molecule has 0 aromatic rings. The topological polar surface area (TPSA) is 80.4 Å². The van der Waals surface area contributed by atoms with Gasteiger partial charge in [0.05, 0.1) is 0 Å². The average molecular weight is 159 g/mol. The Kier molecular flexibility index (Phi) is 3.74. The van der Waals surface area contributed by atoms with Gasteiger partial charge in [0.25, 0.3) is 0 Å². The van der Waals surface area contributed by atoms with Crippen molar-refractivity contribution < 1.29 is 14.7 Å². The van der Waals surface area contributed by atoms with Crippen molar-refractivity contribution in [1.82, 2.24) is 0 Å². The van der Waals surface area contributed by atoms with Crippen LogP contribution < -0.4 is 5.73 Å². The van der Waals surface area contributed by atoms with Gasteiger partial charge in [-0.05, 0) is 0 Å². The number of carbonyl (C=O) groups is 2. The van der Waals surface area contributed by atoms with E-state index in [4.69, 9.17) is 10.8 Å². The number of hydrogen-bond acceptors (Lipinski definition) is 3. The molecule has 0 radical (unpaired) electrons. The van der Waals surface area contributed by atoms with E-state index in [9.17, 15) is 9.59 Å². The van der Waals surface area contributed by atoms with E-state index in [-0.39, 0.29) is 18.1 Å². The molecule has 0 bridgehead atoms. The number of ketones is 1. The standard InChI is InChI=1S/C7H13NO3/c1-4(2)6(9)3-5(8)7(10)11/h4-5H,3,8H2,1-2H3,(H,10,11). The van der Waals surface area contributed by atoms with Crippen molar-refractivity contribution in [3.05, 3.63) is 0 Å². The Balaban J connectivity index is 3.85. The fourth-order valence-corrected chi connectivity index (χ4v) is 0.540. The summed E-state index contributed by atoms with van der Waals surface area (Å²) in [6.07, 6.45) is -0.0764. The number of nitrogens with two attached hydrogens (primary N) is 1. The molecule has 0 aliphatic carbocycles. The third kappa shape index (κ3) is 3.72. The average Bonchev–Trinajstić information content (AvgIpc) is 1.87. The zero-order valence-corrected chi connectivity index (χ0v) is 6.70. The van der Waals surface area contributed by atoms with Crippen LogP contribution in [0.1, 0.15) is 20.3 Å². The molecule has 0 spiro atoms. The van der Waals surface area contributed by atoms with E-state index in [1.807, 2.05) is 0 Å². The first-order valence-corrected chi connectivity index (χ1v) is 3.46. The lowest BCUT2D eigenvalue weighted by atomic mass is 10.0. The first-order chi connectivity index (χ1) is 4.95. The predicted octanol–water partition coefficient (Wildman–Crippen LogP) is 0.0135. The normalized spacial score (nSPS) is 13.1. The monoisotopic (exact) mass is 159 g/mol. The lowest BCUT2D eigenvalue weighted by Gasteiger charge is -2.06. The number of Topliss-reactive ketones (excluding diaryl/α,β-unsaturated/α-hetero) is 1. The SMILES string of the molecule is CC(C)C(=O)CC(N)C(=O)O. The zero-order chi connectivity index (χ0) is 9.02. The summed E-state index contributed by atoms with van der Waals surface area (Å²) in [6, 6.07) is -1.05. The van der Waals surface area contributed by atoms with Gasteiger partial charge in [-0.2, -0.15) is 0 Å². The van der Waals surface area contributed by atoms with E-state index in [1.165, 1.54) is 0 Å². The van der Waals surface area contributed by atoms with Gasteiger partial charge in [0.2, 0.25) is 0 Å². The Bertz CT molecular complexity index is 165. The molecule has 0 fully saturated rings. The lowest BCUT2D eigenvalue weighted by Crippen LogP contribution is -2.33. The Hall–Kier alpha value is -0.900. The molecule has 0 rings (SSSR count). The molecule has 0 saturated heterocycles. The fourth-order valence-electron chi connectivity index (χ4n) is 0.540. The van der Waals surface area contributed by atoms with Crippen LogP contribution in [-0.4, -0.2) is 22.9 Å². The summed E-state index contributed by atoms with van der Waals surface area (Å²) in [7, 11) is 0. The summed E-state index contributed by atoms with van der Waals surface area (Å²) in [6.45, 7) is 3.44. The van der Waals surface area contributed by atoms with Crippen molar-refractivity contribution in [1.29, 1.82) is 0 Å². The summed E-state index contributed by atoms with van der Waals surface area (Å²) in [5.74, 6) is -1.38. The summed E-state index contributed by atoms with van der Waals surface area (Å²) in [4.78, 5) is 21.1. The molecule has 4 nitrogen and oxygen atoms in total. The van der Waals surface area contributed by atoms with E-state index in [1.54, 1.807) is 13.8 Å². The molecular weight excluding hydrogens is 146 g/mol. The molecule has 0 aromatic heterocycles. The Morgan fingerprint density at radius 3 is 2.18 bits per heavy atom. The molecule has 0 amide bonds. The summed E-state index contributed by atoms with van der Waals surface area (Å²) in [5.41, 5.74) is 5.13. The maximum Gasteiger partial charge on any atom is 0.320 e. The Morgan fingerprint density at radius 2 is 1.91 bits per heavy atom. The van der Waals surface area contributed by atoms with Crippen LogP contribution in [0.3, 0.4) is 0 Å². The van der Waals surface area contributed by atoms with Crippen LogP contribution in [0.25, 0.3) is 0 Å². The van der Waals surface area contributed by atoms with Gasteiger partial charge in [-0.3, -0.25) is 9.59 Å². The summed E-state index contributed by atoms with van der Waals surface area (Å²) < 4.78 is 0. The minimum Gasteiger partial charge on any atom is -0.480 e. The van der Waals surface area contributed by atoms with Crippen LogP contribution >= 0.6 is 0 Å². The number of aliphatic carboxylic acids is 1. The van der Waals surface area contributed by atoms with E-state index >= 15 is 0 Å². The maximum atomic E-state index is 10.9. The van der Waals surface area contributed by atoms with Crippen molar-refractivity contribution >= 4 is 11.8 Å². The number of carboxylic acids is 1. The number of carboxylic acid groups (broad SMARTS) is 1. The van der Waals surface area contributed by atoms with Gasteiger partial charge in [-0.25, -0.2) is 0 Å². The van der Waals surface area contributed by atoms with Crippen LogP contribution in [0, 0.1) is 5.92 Å². The van der Waals surface area contributed by atoms with Gasteiger partial charge in [-0.15, -0.1) is 0 Å². The van der Waals surface area contributed by atoms with Crippen LogP contribution in [0.5, 0.6) is 0 Å². The van der Waals surface area contributed by atoms with E-state index in [0.717, 1.165) is 0 Å². The third-order valence-corrected chi connectivity index (χ3v) is 1.38. The molecule has 0 aromatic carbocycles. The smallest absolute Gasteiger partial charge is 0.320 e. The third-order valence-electron chi connectivity index (χ3n) is 1.38. The van der Waals surface area contributed by atoms with Gasteiger partial charge < -0.3 is 10.8 Å². The molecule has 0 aliphatic heterocycles. The largest absolute Gasteiger partial charge is 0.480 e. The number of rotatable bonds is 4. The van der Waals surface area contributed by atoms with Crippen LogP contribution in [0.2, 0.25) is 0 Å². The Labute approximate surface area is 65.4 Å². The molecule has 3 N–H and O–H groups in total. The van der Waals surface area contributed by atoms with Crippen molar-refractivity contribution in [3.63, 3.8) is 0 Å². The summed E-state index contributed by atoms with van der Waals surface area (Å²) in [5, 5.41) is 8.34. The molecule has 0 heterocycles. The molecule has 0 aliphatic rings. The van der Waals surface area contributed by atoms with Gasteiger partial charge in [0, 0.05) is 12.3 Å². The van der Waals surface area contributed by atoms with Crippen molar-refractivity contribution in [2.75, 3.05) is 0 Å². The maximum absolute atomic E-state index is 10.9. The predicted molar refractivity (Wildman–Crippen MR) is 40.1 cm³/mol. The molecule has 11 heavy (non-hydrogen) atoms. The number of carbonyl (C=O) groups excluding carboxylic acids is 1. The first kappa shape index (κ1) is 10.1. The van der Waals surface area contributed by atoms with Gasteiger partial charge in [0.1, 0.15) is 11.8 Å². The highest BCUT2D eigenvalue weighted by atomic mass is 16.4. The van der Waals surface area contributed by atoms with Gasteiger partial charge in [0.15, 0.2) is 0 Å². The lowest BCUT2D eigenvalue weighted by molar-refractivity contribution is -0.140. The molecule has 4 heteroatoms. The molecule has 64 valence electrons. The highest BCUT2D eigenvalue weighted by Crippen LogP contribution is 2.00. The van der Waals surface area contributed by atoms with Crippen molar-refractivity contribution in [2.45, 2.75) is 26.3 Å². The first-order valence-electron chi connectivity index (χ1n) is 3.46. The van der Waals surface area contributed by atoms with Gasteiger partial charge >= 0.3 is 5.97 Å². The Morgan fingerprint density at radius 1 is 1.45 bits per heavy atom. The minimum atomic E-state index is -1.13. The highest BCUT2D eigenvalue weighted by Gasteiger charge is 2.17. The number of hydrogen-bond donors (Lipinski definition) is 2. The van der Waals surface area contributed by atoms with Crippen molar-refractivity contribution in [2.24, 2.45) is 11.7 Å². The fraction of sp³-hybridized carbons (Fsp3) is 0.714. The molecular formula is C7H13NO3.